The predicted molar refractivity (Wildman–Crippen MR) is 82.5 cm³/mol. The molecule has 1 unspecified atom stereocenters. The second kappa shape index (κ2) is 7.00. The van der Waals surface area contributed by atoms with Crippen molar-refractivity contribution >= 4 is 5.91 Å². The smallest absolute Gasteiger partial charge is 0.274 e. The maximum atomic E-state index is 12.6. The number of amides is 1. The van der Waals surface area contributed by atoms with Crippen molar-refractivity contribution in [3.63, 3.8) is 0 Å². The van der Waals surface area contributed by atoms with Gasteiger partial charge in [0.25, 0.3) is 11.5 Å². The van der Waals surface area contributed by atoms with Gasteiger partial charge < -0.3 is 10.0 Å². The van der Waals surface area contributed by atoms with E-state index in [0.29, 0.717) is 6.42 Å². The molecule has 116 valence electrons. The van der Waals surface area contributed by atoms with E-state index in [-0.39, 0.29) is 29.8 Å². The second-order valence-electron chi connectivity index (χ2n) is 5.04. The molecule has 0 saturated carbocycles. The molecule has 6 heteroatoms. The quantitative estimate of drug-likeness (QED) is 0.893. The van der Waals surface area contributed by atoms with Crippen LogP contribution in [0.2, 0.25) is 0 Å². The molecule has 6 nitrogen and oxygen atoms in total. The van der Waals surface area contributed by atoms with Gasteiger partial charge in [0.15, 0.2) is 0 Å². The summed E-state index contributed by atoms with van der Waals surface area (Å²) in [7, 11) is 3.17. The van der Waals surface area contributed by atoms with Crippen LogP contribution in [0.5, 0.6) is 0 Å². The first-order valence-electron chi connectivity index (χ1n) is 7.02. The molecule has 1 atom stereocenters. The Labute approximate surface area is 128 Å². The topological polar surface area (TPSA) is 75.4 Å². The van der Waals surface area contributed by atoms with Crippen LogP contribution in [0.15, 0.2) is 47.3 Å². The number of carbonyl (C=O) groups is 1. The lowest BCUT2D eigenvalue weighted by molar-refractivity contribution is 0.0696. The molecule has 0 radical (unpaired) electrons. The minimum Gasteiger partial charge on any atom is -0.396 e. The monoisotopic (exact) mass is 301 g/mol. The van der Waals surface area contributed by atoms with E-state index in [0.717, 1.165) is 10.2 Å². The summed E-state index contributed by atoms with van der Waals surface area (Å²) in [5.74, 6) is -0.294. The molecule has 0 aliphatic heterocycles. The van der Waals surface area contributed by atoms with Gasteiger partial charge in [-0.05, 0) is 18.1 Å². The fraction of sp³-hybridized carbons (Fsp3) is 0.312. The molecule has 1 amide bonds. The molecule has 0 spiro atoms. The lowest BCUT2D eigenvalue weighted by Gasteiger charge is -2.28. The highest BCUT2D eigenvalue weighted by Crippen LogP contribution is 2.23. The number of carbonyl (C=O) groups excluding carboxylic acids is 1. The fourth-order valence-corrected chi connectivity index (χ4v) is 2.32. The van der Waals surface area contributed by atoms with Crippen molar-refractivity contribution in [3.8, 4) is 0 Å². The van der Waals surface area contributed by atoms with Crippen LogP contribution in [-0.2, 0) is 7.05 Å². The Bertz CT molecular complexity index is 697. The number of benzene rings is 1. The average molecular weight is 301 g/mol. The van der Waals surface area contributed by atoms with Crippen LogP contribution in [0.3, 0.4) is 0 Å². The summed E-state index contributed by atoms with van der Waals surface area (Å²) >= 11 is 0. The third kappa shape index (κ3) is 3.40. The molecule has 2 rings (SSSR count). The highest BCUT2D eigenvalue weighted by Gasteiger charge is 2.23. The minimum atomic E-state index is -0.294. The molecule has 2 aromatic rings. The van der Waals surface area contributed by atoms with Gasteiger partial charge in [0.05, 0.1) is 6.04 Å². The minimum absolute atomic E-state index is 0.0299. The van der Waals surface area contributed by atoms with Crippen molar-refractivity contribution < 1.29 is 9.90 Å². The van der Waals surface area contributed by atoms with Crippen LogP contribution >= 0.6 is 0 Å². The van der Waals surface area contributed by atoms with Crippen LogP contribution in [0.4, 0.5) is 0 Å². The van der Waals surface area contributed by atoms with E-state index in [4.69, 9.17) is 0 Å². The standard InChI is InChI=1S/C16H19N3O3/c1-18(14(10-11-20)12-6-4-3-5-7-12)16(22)13-8-9-15(21)19(2)17-13/h3-9,14,20H,10-11H2,1-2H3. The maximum absolute atomic E-state index is 12.6. The number of aliphatic hydroxyl groups excluding tert-OH is 1. The van der Waals surface area contributed by atoms with Gasteiger partial charge in [-0.2, -0.15) is 5.10 Å². The van der Waals surface area contributed by atoms with Gasteiger partial charge in [-0.3, -0.25) is 9.59 Å². The maximum Gasteiger partial charge on any atom is 0.274 e. The second-order valence-corrected chi connectivity index (χ2v) is 5.04. The number of aryl methyl sites for hydroxylation is 1. The highest BCUT2D eigenvalue weighted by molar-refractivity contribution is 5.92. The van der Waals surface area contributed by atoms with Gasteiger partial charge >= 0.3 is 0 Å². The zero-order chi connectivity index (χ0) is 16.1. The Balaban J connectivity index is 2.30. The molecule has 0 fully saturated rings. The van der Waals surface area contributed by atoms with Crippen molar-refractivity contribution in [2.24, 2.45) is 7.05 Å². The van der Waals surface area contributed by atoms with Crippen molar-refractivity contribution in [2.75, 3.05) is 13.7 Å². The fourth-order valence-electron chi connectivity index (χ4n) is 2.32. The number of rotatable bonds is 5. The summed E-state index contributed by atoms with van der Waals surface area (Å²) in [6.07, 6.45) is 0.429. The summed E-state index contributed by atoms with van der Waals surface area (Å²) < 4.78 is 1.13. The van der Waals surface area contributed by atoms with Gasteiger partial charge in [0.1, 0.15) is 5.69 Å². The summed E-state index contributed by atoms with van der Waals surface area (Å²) in [6, 6.07) is 12.0. The average Bonchev–Trinajstić information content (AvgIpc) is 2.54. The van der Waals surface area contributed by atoms with E-state index >= 15 is 0 Å². The molecule has 0 saturated heterocycles. The van der Waals surface area contributed by atoms with Crippen molar-refractivity contribution in [2.45, 2.75) is 12.5 Å². The Kier molecular flexibility index (Phi) is 5.06. The number of aromatic nitrogens is 2. The Morgan fingerprint density at radius 2 is 1.95 bits per heavy atom. The van der Waals surface area contributed by atoms with Gasteiger partial charge in [-0.1, -0.05) is 30.3 Å². The van der Waals surface area contributed by atoms with E-state index in [1.165, 1.54) is 19.2 Å². The number of hydrogen-bond acceptors (Lipinski definition) is 4. The third-order valence-electron chi connectivity index (χ3n) is 3.55. The van der Waals surface area contributed by atoms with Gasteiger partial charge in [0.2, 0.25) is 0 Å². The first kappa shape index (κ1) is 15.9. The Hall–Kier alpha value is -2.47. The summed E-state index contributed by atoms with van der Waals surface area (Å²) in [5, 5.41) is 13.3. The number of hydrogen-bond donors (Lipinski definition) is 1. The summed E-state index contributed by atoms with van der Waals surface area (Å²) in [4.78, 5) is 25.5. The van der Waals surface area contributed by atoms with Crippen LogP contribution in [0.1, 0.15) is 28.5 Å². The van der Waals surface area contributed by atoms with Gasteiger partial charge in [-0.15, -0.1) is 0 Å². The molecule has 1 N–H and O–H groups in total. The third-order valence-corrected chi connectivity index (χ3v) is 3.55. The lowest BCUT2D eigenvalue weighted by Crippen LogP contribution is -2.34. The zero-order valence-corrected chi connectivity index (χ0v) is 12.6. The Morgan fingerprint density at radius 1 is 1.27 bits per heavy atom. The lowest BCUT2D eigenvalue weighted by atomic mass is 10.0. The molecular weight excluding hydrogens is 282 g/mol. The van der Waals surface area contributed by atoms with Gasteiger partial charge in [0, 0.05) is 26.8 Å². The highest BCUT2D eigenvalue weighted by atomic mass is 16.3. The molecule has 0 bridgehead atoms. The van der Waals surface area contributed by atoms with Crippen molar-refractivity contribution in [1.29, 1.82) is 0 Å². The number of nitrogens with zero attached hydrogens (tertiary/aromatic N) is 3. The summed E-state index contributed by atoms with van der Waals surface area (Å²) in [6.45, 7) is -0.0299. The zero-order valence-electron chi connectivity index (χ0n) is 12.6. The van der Waals surface area contributed by atoms with Crippen LogP contribution in [-0.4, -0.2) is 39.3 Å². The largest absolute Gasteiger partial charge is 0.396 e. The van der Waals surface area contributed by atoms with Crippen LogP contribution in [0, 0.1) is 0 Å². The van der Waals surface area contributed by atoms with E-state index in [9.17, 15) is 14.7 Å². The van der Waals surface area contributed by atoms with E-state index in [1.807, 2.05) is 30.3 Å². The molecule has 1 aromatic carbocycles. The van der Waals surface area contributed by atoms with Crippen molar-refractivity contribution in [1.82, 2.24) is 14.7 Å². The summed E-state index contributed by atoms with van der Waals surface area (Å²) in [5.41, 5.74) is 0.870. The number of aliphatic hydroxyl groups is 1. The Morgan fingerprint density at radius 3 is 2.55 bits per heavy atom. The predicted octanol–water partition coefficient (Wildman–Crippen LogP) is 0.976. The van der Waals surface area contributed by atoms with E-state index < -0.39 is 0 Å². The van der Waals surface area contributed by atoms with E-state index in [2.05, 4.69) is 5.10 Å². The molecule has 22 heavy (non-hydrogen) atoms. The first-order chi connectivity index (χ1) is 10.5. The molecular formula is C16H19N3O3. The van der Waals surface area contributed by atoms with Crippen molar-refractivity contribution in [3.05, 3.63) is 64.1 Å². The van der Waals surface area contributed by atoms with Crippen LogP contribution < -0.4 is 5.56 Å². The molecule has 0 aliphatic carbocycles. The van der Waals surface area contributed by atoms with Crippen LogP contribution in [0.25, 0.3) is 0 Å². The molecule has 1 aromatic heterocycles. The normalized spacial score (nSPS) is 12.0. The van der Waals surface area contributed by atoms with E-state index in [1.54, 1.807) is 11.9 Å². The van der Waals surface area contributed by atoms with Gasteiger partial charge in [-0.25, -0.2) is 4.68 Å². The first-order valence-corrected chi connectivity index (χ1v) is 7.02. The SMILES string of the molecule is CN(C(=O)c1ccc(=O)n(C)n1)C(CCO)c1ccccc1. The molecule has 0 aliphatic rings. The molecule has 1 heterocycles.